The molecule has 6 heteroatoms. The lowest BCUT2D eigenvalue weighted by Crippen LogP contribution is -2.00. The third-order valence-electron chi connectivity index (χ3n) is 0.765. The van der Waals surface area contributed by atoms with E-state index < -0.39 is 0 Å². The van der Waals surface area contributed by atoms with Crippen LogP contribution in [0, 0.1) is 0 Å². The monoisotopic (exact) mass is 176 g/mol. The SMILES string of the molecule is NCCSc1nnc(N)s1. The maximum Gasteiger partial charge on any atom is 0.203 e. The van der Waals surface area contributed by atoms with E-state index in [-0.39, 0.29) is 0 Å². The van der Waals surface area contributed by atoms with Crippen LogP contribution in [0.5, 0.6) is 0 Å². The summed E-state index contributed by atoms with van der Waals surface area (Å²) in [5.41, 5.74) is 10.6. The third kappa shape index (κ3) is 2.13. The lowest BCUT2D eigenvalue weighted by Gasteiger charge is -1.88. The molecular weight excluding hydrogens is 168 g/mol. The zero-order valence-corrected chi connectivity index (χ0v) is 6.91. The molecule has 0 saturated carbocycles. The van der Waals surface area contributed by atoms with Crippen LogP contribution in [0.4, 0.5) is 5.13 Å². The topological polar surface area (TPSA) is 77.8 Å². The standard InChI is InChI=1S/C4H8N4S2/c5-1-2-9-4-8-7-3(6)10-4/h1-2,5H2,(H2,6,7). The minimum absolute atomic E-state index is 0.513. The van der Waals surface area contributed by atoms with E-state index in [0.717, 1.165) is 10.1 Å². The van der Waals surface area contributed by atoms with Crippen molar-refractivity contribution in [3.8, 4) is 0 Å². The van der Waals surface area contributed by atoms with E-state index in [1.807, 2.05) is 0 Å². The molecule has 0 aliphatic rings. The summed E-state index contributed by atoms with van der Waals surface area (Å²) in [4.78, 5) is 0. The summed E-state index contributed by atoms with van der Waals surface area (Å²) in [6.07, 6.45) is 0. The number of nitrogen functional groups attached to an aromatic ring is 1. The summed E-state index contributed by atoms with van der Waals surface area (Å²) in [5.74, 6) is 0.870. The molecule has 0 aliphatic carbocycles. The largest absolute Gasteiger partial charge is 0.374 e. The van der Waals surface area contributed by atoms with Gasteiger partial charge in [-0.25, -0.2) is 0 Å². The number of rotatable bonds is 3. The van der Waals surface area contributed by atoms with Gasteiger partial charge in [-0.05, 0) is 0 Å². The fraction of sp³-hybridized carbons (Fsp3) is 0.500. The number of hydrogen-bond donors (Lipinski definition) is 2. The van der Waals surface area contributed by atoms with Crippen molar-refractivity contribution in [2.45, 2.75) is 4.34 Å². The van der Waals surface area contributed by atoms with Gasteiger partial charge in [-0.2, -0.15) is 0 Å². The van der Waals surface area contributed by atoms with Gasteiger partial charge < -0.3 is 11.5 Å². The van der Waals surface area contributed by atoms with E-state index in [2.05, 4.69) is 10.2 Å². The molecule has 56 valence electrons. The minimum atomic E-state index is 0.513. The van der Waals surface area contributed by atoms with Crippen molar-refractivity contribution in [2.75, 3.05) is 18.0 Å². The Hall–Kier alpha value is -0.330. The van der Waals surface area contributed by atoms with Crippen molar-refractivity contribution in [1.29, 1.82) is 0 Å². The first-order valence-corrected chi connectivity index (χ1v) is 4.55. The van der Waals surface area contributed by atoms with Crippen molar-refractivity contribution < 1.29 is 0 Å². The number of nitrogens with two attached hydrogens (primary N) is 2. The Morgan fingerprint density at radius 2 is 2.30 bits per heavy atom. The van der Waals surface area contributed by atoms with Crippen molar-refractivity contribution in [3.63, 3.8) is 0 Å². The number of nitrogens with zero attached hydrogens (tertiary/aromatic N) is 2. The predicted octanol–water partition coefficient (Wildman–Crippen LogP) is 0.171. The molecule has 0 fully saturated rings. The number of anilines is 1. The van der Waals surface area contributed by atoms with Crippen molar-refractivity contribution in [1.82, 2.24) is 10.2 Å². The second-order valence-electron chi connectivity index (χ2n) is 1.54. The van der Waals surface area contributed by atoms with Crippen LogP contribution in [0.1, 0.15) is 0 Å². The van der Waals surface area contributed by atoms with Gasteiger partial charge in [-0.15, -0.1) is 10.2 Å². The maximum atomic E-state index is 5.35. The summed E-state index contributed by atoms with van der Waals surface area (Å²) in [6, 6.07) is 0. The van der Waals surface area contributed by atoms with Crippen molar-refractivity contribution in [3.05, 3.63) is 0 Å². The highest BCUT2D eigenvalue weighted by Crippen LogP contribution is 2.22. The van der Waals surface area contributed by atoms with E-state index >= 15 is 0 Å². The first kappa shape index (κ1) is 7.77. The first-order chi connectivity index (χ1) is 4.83. The third-order valence-corrected chi connectivity index (χ3v) is 2.68. The minimum Gasteiger partial charge on any atom is -0.374 e. The van der Waals surface area contributed by atoms with Crippen LogP contribution < -0.4 is 11.5 Å². The highest BCUT2D eigenvalue weighted by molar-refractivity contribution is 8.01. The van der Waals surface area contributed by atoms with Gasteiger partial charge >= 0.3 is 0 Å². The summed E-state index contributed by atoms with van der Waals surface area (Å²) < 4.78 is 0.892. The van der Waals surface area contributed by atoms with Gasteiger partial charge in [0.25, 0.3) is 0 Å². The van der Waals surface area contributed by atoms with Gasteiger partial charge in [0, 0.05) is 12.3 Å². The molecule has 0 amide bonds. The Morgan fingerprint density at radius 3 is 2.80 bits per heavy atom. The van der Waals surface area contributed by atoms with E-state index in [1.165, 1.54) is 11.3 Å². The van der Waals surface area contributed by atoms with Crippen LogP contribution in [0.3, 0.4) is 0 Å². The molecule has 1 heterocycles. The average Bonchev–Trinajstić information content (AvgIpc) is 2.31. The molecule has 0 aromatic carbocycles. The molecular formula is C4H8N4S2. The summed E-state index contributed by atoms with van der Waals surface area (Å²) in [7, 11) is 0. The fourth-order valence-corrected chi connectivity index (χ4v) is 1.90. The van der Waals surface area contributed by atoms with Gasteiger partial charge in [0.1, 0.15) is 0 Å². The molecule has 1 rings (SSSR count). The molecule has 0 saturated heterocycles. The zero-order valence-electron chi connectivity index (χ0n) is 5.28. The Kier molecular flexibility index (Phi) is 2.91. The van der Waals surface area contributed by atoms with E-state index in [0.29, 0.717) is 11.7 Å². The first-order valence-electron chi connectivity index (χ1n) is 2.75. The normalized spacial score (nSPS) is 10.1. The van der Waals surface area contributed by atoms with Crippen LogP contribution in [0.15, 0.2) is 4.34 Å². The fourth-order valence-electron chi connectivity index (χ4n) is 0.425. The van der Waals surface area contributed by atoms with Crippen LogP contribution in [0.25, 0.3) is 0 Å². The Bertz CT molecular complexity index is 199. The lowest BCUT2D eigenvalue weighted by molar-refractivity contribution is 1.01. The molecule has 4 N–H and O–H groups in total. The summed E-state index contributed by atoms with van der Waals surface area (Å²) in [5, 5.41) is 7.97. The molecule has 0 atom stereocenters. The molecule has 0 spiro atoms. The number of thioether (sulfide) groups is 1. The molecule has 0 bridgehead atoms. The summed E-state index contributed by atoms with van der Waals surface area (Å²) >= 11 is 2.97. The van der Waals surface area contributed by atoms with Gasteiger partial charge in [-0.3, -0.25) is 0 Å². The predicted molar refractivity (Wildman–Crippen MR) is 44.1 cm³/mol. The molecule has 0 aliphatic heterocycles. The highest BCUT2D eigenvalue weighted by atomic mass is 32.2. The molecule has 1 aromatic heterocycles. The smallest absolute Gasteiger partial charge is 0.203 e. The highest BCUT2D eigenvalue weighted by Gasteiger charge is 1.98. The molecule has 0 radical (unpaired) electrons. The molecule has 1 aromatic rings. The molecule has 4 nitrogen and oxygen atoms in total. The van der Waals surface area contributed by atoms with E-state index in [4.69, 9.17) is 11.5 Å². The Balaban J connectivity index is 2.42. The van der Waals surface area contributed by atoms with E-state index in [1.54, 1.807) is 11.8 Å². The number of aromatic nitrogens is 2. The van der Waals surface area contributed by atoms with Crippen LogP contribution in [-0.4, -0.2) is 22.5 Å². The molecule has 10 heavy (non-hydrogen) atoms. The van der Waals surface area contributed by atoms with Crippen molar-refractivity contribution in [2.24, 2.45) is 5.73 Å². The maximum absolute atomic E-state index is 5.35. The van der Waals surface area contributed by atoms with Crippen LogP contribution >= 0.6 is 23.1 Å². The Morgan fingerprint density at radius 1 is 1.50 bits per heavy atom. The second kappa shape index (κ2) is 3.75. The summed E-state index contributed by atoms with van der Waals surface area (Å²) in [6.45, 7) is 0.657. The van der Waals surface area contributed by atoms with Gasteiger partial charge in [0.2, 0.25) is 5.13 Å². The van der Waals surface area contributed by atoms with Crippen LogP contribution in [0.2, 0.25) is 0 Å². The number of hydrogen-bond acceptors (Lipinski definition) is 6. The average molecular weight is 176 g/mol. The second-order valence-corrected chi connectivity index (χ2v) is 3.89. The quantitative estimate of drug-likeness (QED) is 0.642. The van der Waals surface area contributed by atoms with Gasteiger partial charge in [-0.1, -0.05) is 23.1 Å². The lowest BCUT2D eigenvalue weighted by atomic mass is 10.8. The van der Waals surface area contributed by atoms with Gasteiger partial charge in [0.05, 0.1) is 0 Å². The zero-order chi connectivity index (χ0) is 7.40. The molecule has 0 unspecified atom stereocenters. The van der Waals surface area contributed by atoms with Crippen molar-refractivity contribution >= 4 is 28.2 Å². The van der Waals surface area contributed by atoms with Gasteiger partial charge in [0.15, 0.2) is 4.34 Å². The Labute approximate surface area is 67.0 Å². The van der Waals surface area contributed by atoms with E-state index in [9.17, 15) is 0 Å². The van der Waals surface area contributed by atoms with Crippen LogP contribution in [-0.2, 0) is 0 Å².